The van der Waals surface area contributed by atoms with Crippen LogP contribution in [-0.4, -0.2) is 51.1 Å². The van der Waals surface area contributed by atoms with Gasteiger partial charge in [0.05, 0.1) is 5.56 Å². The monoisotopic (exact) mass is 303 g/mol. The SMILES string of the molecule is O=C(NC[C@@H]1C[C@H](F)CN1Cc1cncnc1)c1cc[nH]c1. The van der Waals surface area contributed by atoms with Crippen LogP contribution in [0.1, 0.15) is 22.3 Å². The highest BCUT2D eigenvalue weighted by Gasteiger charge is 2.32. The van der Waals surface area contributed by atoms with Crippen LogP contribution in [-0.2, 0) is 6.54 Å². The number of nitrogens with one attached hydrogen (secondary N) is 2. The van der Waals surface area contributed by atoms with Crippen molar-refractivity contribution in [1.29, 1.82) is 0 Å². The van der Waals surface area contributed by atoms with Gasteiger partial charge in [0.2, 0.25) is 0 Å². The summed E-state index contributed by atoms with van der Waals surface area (Å²) in [7, 11) is 0. The lowest BCUT2D eigenvalue weighted by Gasteiger charge is -2.24. The number of nitrogens with zero attached hydrogens (tertiary/aromatic N) is 3. The summed E-state index contributed by atoms with van der Waals surface area (Å²) >= 11 is 0. The second kappa shape index (κ2) is 6.65. The van der Waals surface area contributed by atoms with E-state index in [0.717, 1.165) is 5.56 Å². The van der Waals surface area contributed by atoms with Gasteiger partial charge in [0.1, 0.15) is 12.5 Å². The van der Waals surface area contributed by atoms with E-state index in [0.29, 0.717) is 31.6 Å². The smallest absolute Gasteiger partial charge is 0.252 e. The average molecular weight is 303 g/mol. The molecule has 2 aromatic heterocycles. The van der Waals surface area contributed by atoms with E-state index in [1.54, 1.807) is 30.9 Å². The number of carbonyl (C=O) groups excluding carboxylic acids is 1. The Hall–Kier alpha value is -2.28. The molecule has 0 saturated carbocycles. The maximum absolute atomic E-state index is 13.7. The number of rotatable bonds is 5. The summed E-state index contributed by atoms with van der Waals surface area (Å²) in [4.78, 5) is 24.8. The summed E-state index contributed by atoms with van der Waals surface area (Å²) in [5.41, 5.74) is 1.52. The fourth-order valence-corrected chi connectivity index (χ4v) is 2.75. The van der Waals surface area contributed by atoms with Crippen LogP contribution in [0, 0.1) is 0 Å². The molecule has 0 bridgehead atoms. The Morgan fingerprint density at radius 1 is 1.45 bits per heavy atom. The van der Waals surface area contributed by atoms with E-state index >= 15 is 0 Å². The summed E-state index contributed by atoms with van der Waals surface area (Å²) in [5, 5.41) is 2.86. The van der Waals surface area contributed by atoms with Crippen molar-refractivity contribution in [2.45, 2.75) is 25.2 Å². The maximum atomic E-state index is 13.7. The first-order chi connectivity index (χ1) is 10.7. The van der Waals surface area contributed by atoms with E-state index in [4.69, 9.17) is 0 Å². The standard InChI is InChI=1S/C15H18FN5O/c16-13-3-14(7-20-15(22)12-1-2-17-6-12)21(9-13)8-11-4-18-10-19-5-11/h1-2,4-6,10,13-14,17H,3,7-9H2,(H,20,22)/t13-,14-/m0/s1. The first kappa shape index (κ1) is 14.6. The van der Waals surface area contributed by atoms with Crippen LogP contribution in [0.15, 0.2) is 37.2 Å². The van der Waals surface area contributed by atoms with Crippen molar-refractivity contribution < 1.29 is 9.18 Å². The molecule has 3 rings (SSSR count). The molecule has 2 N–H and O–H groups in total. The number of aromatic nitrogens is 3. The highest BCUT2D eigenvalue weighted by molar-refractivity contribution is 5.93. The Bertz CT molecular complexity index is 604. The van der Waals surface area contributed by atoms with Gasteiger partial charge in [0.25, 0.3) is 5.91 Å². The number of carbonyl (C=O) groups is 1. The maximum Gasteiger partial charge on any atom is 0.252 e. The van der Waals surface area contributed by atoms with Crippen molar-refractivity contribution in [1.82, 2.24) is 25.2 Å². The van der Waals surface area contributed by atoms with Gasteiger partial charge < -0.3 is 10.3 Å². The second-order valence-corrected chi connectivity index (χ2v) is 5.47. The second-order valence-electron chi connectivity index (χ2n) is 5.47. The zero-order valence-electron chi connectivity index (χ0n) is 12.1. The van der Waals surface area contributed by atoms with E-state index in [1.807, 2.05) is 4.90 Å². The first-order valence-electron chi connectivity index (χ1n) is 7.25. The Morgan fingerprint density at radius 2 is 2.27 bits per heavy atom. The van der Waals surface area contributed by atoms with E-state index in [1.165, 1.54) is 6.33 Å². The Kier molecular flexibility index (Phi) is 4.43. The number of alkyl halides is 1. The predicted octanol–water partition coefficient (Wildman–Crippen LogP) is 1.15. The summed E-state index contributed by atoms with van der Waals surface area (Å²) < 4.78 is 13.7. The molecule has 116 valence electrons. The molecule has 1 saturated heterocycles. The van der Waals surface area contributed by atoms with Gasteiger partial charge in [-0.25, -0.2) is 14.4 Å². The summed E-state index contributed by atoms with van der Waals surface area (Å²) in [6, 6.07) is 1.69. The number of H-pyrrole nitrogens is 1. The number of hydrogen-bond donors (Lipinski definition) is 2. The van der Waals surface area contributed by atoms with Gasteiger partial charge in [-0.15, -0.1) is 0 Å². The van der Waals surface area contributed by atoms with Crippen LogP contribution in [0.5, 0.6) is 0 Å². The molecule has 0 unspecified atom stereocenters. The highest BCUT2D eigenvalue weighted by Crippen LogP contribution is 2.22. The normalized spacial score (nSPS) is 21.9. The summed E-state index contributed by atoms with van der Waals surface area (Å²) in [6.45, 7) is 1.39. The molecule has 22 heavy (non-hydrogen) atoms. The van der Waals surface area contributed by atoms with Crippen molar-refractivity contribution in [3.8, 4) is 0 Å². The number of aromatic amines is 1. The number of likely N-dealkylation sites (tertiary alicyclic amines) is 1. The lowest BCUT2D eigenvalue weighted by Crippen LogP contribution is -2.39. The Morgan fingerprint density at radius 3 is 3.00 bits per heavy atom. The van der Waals surface area contributed by atoms with Gasteiger partial charge in [0.15, 0.2) is 0 Å². The lowest BCUT2D eigenvalue weighted by atomic mass is 10.2. The van der Waals surface area contributed by atoms with Gasteiger partial charge in [-0.05, 0) is 12.5 Å². The van der Waals surface area contributed by atoms with Crippen molar-refractivity contribution in [2.24, 2.45) is 0 Å². The first-order valence-corrected chi connectivity index (χ1v) is 7.25. The molecule has 3 heterocycles. The molecule has 1 aliphatic heterocycles. The zero-order chi connectivity index (χ0) is 15.4. The van der Waals surface area contributed by atoms with Crippen molar-refractivity contribution in [2.75, 3.05) is 13.1 Å². The van der Waals surface area contributed by atoms with E-state index in [9.17, 15) is 9.18 Å². The van der Waals surface area contributed by atoms with Crippen molar-refractivity contribution >= 4 is 5.91 Å². The van der Waals surface area contributed by atoms with E-state index < -0.39 is 6.17 Å². The third-order valence-electron chi connectivity index (χ3n) is 3.83. The minimum atomic E-state index is -0.862. The molecule has 1 fully saturated rings. The molecule has 1 aliphatic rings. The van der Waals surface area contributed by atoms with E-state index in [-0.39, 0.29) is 11.9 Å². The van der Waals surface area contributed by atoms with E-state index in [2.05, 4.69) is 20.3 Å². The van der Waals surface area contributed by atoms with Gasteiger partial charge in [-0.3, -0.25) is 9.69 Å². The quantitative estimate of drug-likeness (QED) is 0.869. The van der Waals surface area contributed by atoms with Crippen molar-refractivity contribution in [3.05, 3.63) is 48.3 Å². The zero-order valence-corrected chi connectivity index (χ0v) is 12.1. The summed E-state index contributed by atoms with van der Waals surface area (Å²) in [6.07, 6.45) is 7.84. The minimum absolute atomic E-state index is 0.0157. The third kappa shape index (κ3) is 3.48. The van der Waals surface area contributed by atoms with Gasteiger partial charge in [0, 0.05) is 56.0 Å². The van der Waals surface area contributed by atoms with Crippen LogP contribution in [0.4, 0.5) is 4.39 Å². The summed E-state index contributed by atoms with van der Waals surface area (Å²) in [5.74, 6) is -0.147. The molecule has 7 heteroatoms. The molecule has 2 atom stereocenters. The molecule has 0 spiro atoms. The average Bonchev–Trinajstić information content (AvgIpc) is 3.16. The molecular formula is C15H18FN5O. The molecule has 0 radical (unpaired) electrons. The van der Waals surface area contributed by atoms with Crippen LogP contribution < -0.4 is 5.32 Å². The fraction of sp³-hybridized carbons (Fsp3) is 0.400. The third-order valence-corrected chi connectivity index (χ3v) is 3.83. The molecule has 0 aromatic carbocycles. The fourth-order valence-electron chi connectivity index (χ4n) is 2.75. The lowest BCUT2D eigenvalue weighted by molar-refractivity contribution is 0.0940. The molecule has 1 amide bonds. The van der Waals surface area contributed by atoms with Crippen LogP contribution in [0.3, 0.4) is 0 Å². The number of amides is 1. The van der Waals surface area contributed by atoms with Crippen LogP contribution >= 0.6 is 0 Å². The number of halogens is 1. The Labute approximate surface area is 127 Å². The topological polar surface area (TPSA) is 73.9 Å². The van der Waals surface area contributed by atoms with Gasteiger partial charge >= 0.3 is 0 Å². The molecule has 2 aromatic rings. The predicted molar refractivity (Wildman–Crippen MR) is 78.9 cm³/mol. The van der Waals surface area contributed by atoms with Gasteiger partial charge in [-0.2, -0.15) is 0 Å². The van der Waals surface area contributed by atoms with Crippen molar-refractivity contribution in [3.63, 3.8) is 0 Å². The van der Waals surface area contributed by atoms with Gasteiger partial charge in [-0.1, -0.05) is 0 Å². The van der Waals surface area contributed by atoms with Crippen LogP contribution in [0.2, 0.25) is 0 Å². The Balaban J connectivity index is 1.58. The molecular weight excluding hydrogens is 285 g/mol. The minimum Gasteiger partial charge on any atom is -0.367 e. The molecule has 0 aliphatic carbocycles. The van der Waals surface area contributed by atoms with Crippen LogP contribution in [0.25, 0.3) is 0 Å². The highest BCUT2D eigenvalue weighted by atomic mass is 19.1. The number of hydrogen-bond acceptors (Lipinski definition) is 4. The largest absolute Gasteiger partial charge is 0.367 e. The molecule has 6 nitrogen and oxygen atoms in total.